The first-order valence-corrected chi connectivity index (χ1v) is 11.1. The topological polar surface area (TPSA) is 32.5 Å². The van der Waals surface area contributed by atoms with Crippen molar-refractivity contribution in [3.8, 4) is 0 Å². The van der Waals surface area contributed by atoms with Gasteiger partial charge in [0.15, 0.2) is 0 Å². The Balaban J connectivity index is 1.37. The minimum atomic E-state index is 0.784. The van der Waals surface area contributed by atoms with E-state index in [1.807, 2.05) is 18.5 Å². The number of nitrogens with zero attached hydrogens (tertiary/aromatic N) is 3. The Bertz CT molecular complexity index is 708. The summed E-state index contributed by atoms with van der Waals surface area (Å²) in [5.74, 6) is 2.91. The van der Waals surface area contributed by atoms with Gasteiger partial charge in [-0.25, -0.2) is 0 Å². The molecule has 1 aliphatic carbocycles. The lowest BCUT2D eigenvalue weighted by Crippen LogP contribution is -2.42. The van der Waals surface area contributed by atoms with Crippen molar-refractivity contribution >= 4 is 0 Å². The summed E-state index contributed by atoms with van der Waals surface area (Å²) in [6.07, 6.45) is 12.2. The second-order valence-corrected chi connectivity index (χ2v) is 8.90. The van der Waals surface area contributed by atoms with Crippen LogP contribution in [0, 0.1) is 19.8 Å². The molecule has 0 aromatic carbocycles. The van der Waals surface area contributed by atoms with Crippen molar-refractivity contribution in [3.05, 3.63) is 53.2 Å². The highest BCUT2D eigenvalue weighted by Crippen LogP contribution is 2.29. The number of piperidine rings is 1. The van der Waals surface area contributed by atoms with E-state index in [1.165, 1.54) is 62.7 Å². The molecule has 2 aromatic rings. The predicted molar refractivity (Wildman–Crippen MR) is 113 cm³/mol. The zero-order valence-electron chi connectivity index (χ0n) is 17.6. The molecule has 2 fully saturated rings. The van der Waals surface area contributed by atoms with Crippen molar-refractivity contribution < 1.29 is 4.42 Å². The highest BCUT2D eigenvalue weighted by atomic mass is 16.3. The SMILES string of the molecule is Cc1cc(CN(Cc2cccnc2)CC2CCN(C3CCCC3)CC2)oc1C. The van der Waals surface area contributed by atoms with E-state index in [9.17, 15) is 0 Å². The molecule has 28 heavy (non-hydrogen) atoms. The van der Waals surface area contributed by atoms with Crippen LogP contribution < -0.4 is 0 Å². The number of aromatic nitrogens is 1. The Morgan fingerprint density at radius 1 is 1.11 bits per heavy atom. The molecule has 4 rings (SSSR count). The first kappa shape index (κ1) is 19.7. The van der Waals surface area contributed by atoms with Gasteiger partial charge in [0.1, 0.15) is 11.5 Å². The molecule has 1 saturated heterocycles. The molecule has 1 aliphatic heterocycles. The Morgan fingerprint density at radius 3 is 2.54 bits per heavy atom. The number of pyridine rings is 1. The lowest BCUT2D eigenvalue weighted by Gasteiger charge is -2.37. The van der Waals surface area contributed by atoms with E-state index in [0.29, 0.717) is 0 Å². The summed E-state index contributed by atoms with van der Waals surface area (Å²) in [6, 6.07) is 7.30. The van der Waals surface area contributed by atoms with E-state index in [2.05, 4.69) is 40.8 Å². The molecular formula is C24H35N3O. The van der Waals surface area contributed by atoms with Crippen molar-refractivity contribution in [2.45, 2.75) is 71.5 Å². The quantitative estimate of drug-likeness (QED) is 0.679. The van der Waals surface area contributed by atoms with Crippen LogP contribution >= 0.6 is 0 Å². The molecule has 0 atom stereocenters. The maximum absolute atomic E-state index is 5.99. The third-order valence-corrected chi connectivity index (χ3v) is 6.73. The highest BCUT2D eigenvalue weighted by Gasteiger charge is 2.28. The average molecular weight is 382 g/mol. The van der Waals surface area contributed by atoms with Gasteiger partial charge < -0.3 is 9.32 Å². The van der Waals surface area contributed by atoms with Gasteiger partial charge in [-0.05, 0) is 81.8 Å². The summed E-state index contributed by atoms with van der Waals surface area (Å²) in [4.78, 5) is 9.64. The number of hydrogen-bond donors (Lipinski definition) is 0. The van der Waals surface area contributed by atoms with Gasteiger partial charge in [0.25, 0.3) is 0 Å². The van der Waals surface area contributed by atoms with E-state index in [4.69, 9.17) is 4.42 Å². The van der Waals surface area contributed by atoms with Crippen LogP contribution in [0.15, 0.2) is 35.0 Å². The van der Waals surface area contributed by atoms with Gasteiger partial charge in [-0.1, -0.05) is 18.9 Å². The van der Waals surface area contributed by atoms with Crippen LogP contribution in [-0.2, 0) is 13.1 Å². The Kier molecular flexibility index (Phi) is 6.48. The van der Waals surface area contributed by atoms with Crippen LogP contribution in [-0.4, -0.2) is 40.5 Å². The minimum Gasteiger partial charge on any atom is -0.465 e. The Morgan fingerprint density at radius 2 is 1.89 bits per heavy atom. The molecule has 1 saturated carbocycles. The van der Waals surface area contributed by atoms with Crippen LogP contribution in [0.5, 0.6) is 0 Å². The standard InChI is InChI=1S/C24H35N3O/c1-19-14-24(28-20(19)2)18-26(17-22-6-5-11-25-15-22)16-21-9-12-27(13-10-21)23-7-3-4-8-23/h5-6,11,14-15,21,23H,3-4,7-10,12-13,16-18H2,1-2H3. The molecule has 0 amide bonds. The van der Waals surface area contributed by atoms with Gasteiger partial charge in [-0.2, -0.15) is 0 Å². The number of hydrogen-bond acceptors (Lipinski definition) is 4. The molecule has 4 nitrogen and oxygen atoms in total. The third-order valence-electron chi connectivity index (χ3n) is 6.73. The lowest BCUT2D eigenvalue weighted by atomic mass is 9.94. The summed E-state index contributed by atoms with van der Waals surface area (Å²) >= 11 is 0. The van der Waals surface area contributed by atoms with Crippen LogP contribution in [0.2, 0.25) is 0 Å². The number of furan rings is 1. The van der Waals surface area contributed by atoms with Crippen LogP contribution in [0.25, 0.3) is 0 Å². The van der Waals surface area contributed by atoms with Crippen LogP contribution in [0.3, 0.4) is 0 Å². The van der Waals surface area contributed by atoms with Crippen LogP contribution in [0.1, 0.15) is 61.2 Å². The number of aryl methyl sites for hydroxylation is 2. The van der Waals surface area contributed by atoms with Gasteiger partial charge in [-0.3, -0.25) is 9.88 Å². The molecule has 3 heterocycles. The fourth-order valence-corrected chi connectivity index (χ4v) is 5.02. The first-order valence-electron chi connectivity index (χ1n) is 11.1. The fourth-order valence-electron chi connectivity index (χ4n) is 5.02. The second-order valence-electron chi connectivity index (χ2n) is 8.90. The largest absolute Gasteiger partial charge is 0.465 e. The monoisotopic (exact) mass is 381 g/mol. The molecular weight excluding hydrogens is 346 g/mol. The van der Waals surface area contributed by atoms with Crippen molar-refractivity contribution in [3.63, 3.8) is 0 Å². The highest BCUT2D eigenvalue weighted by molar-refractivity contribution is 5.19. The molecule has 0 radical (unpaired) electrons. The molecule has 152 valence electrons. The Labute approximate surface area is 169 Å². The number of rotatable bonds is 7. The summed E-state index contributed by atoms with van der Waals surface area (Å²) < 4.78 is 5.99. The molecule has 0 unspecified atom stereocenters. The molecule has 0 N–H and O–H groups in total. The second kappa shape index (κ2) is 9.23. The molecule has 4 heteroatoms. The maximum atomic E-state index is 5.99. The van der Waals surface area contributed by atoms with E-state index in [1.54, 1.807) is 0 Å². The third kappa shape index (κ3) is 5.03. The van der Waals surface area contributed by atoms with Gasteiger partial charge in [-0.15, -0.1) is 0 Å². The van der Waals surface area contributed by atoms with Crippen LogP contribution in [0.4, 0.5) is 0 Å². The zero-order chi connectivity index (χ0) is 19.3. The van der Waals surface area contributed by atoms with Gasteiger partial charge in [0.05, 0.1) is 6.54 Å². The Hall–Kier alpha value is -1.65. The van der Waals surface area contributed by atoms with Gasteiger partial charge in [0.2, 0.25) is 0 Å². The van der Waals surface area contributed by atoms with E-state index >= 15 is 0 Å². The molecule has 0 bridgehead atoms. The van der Waals surface area contributed by atoms with E-state index in [-0.39, 0.29) is 0 Å². The first-order chi connectivity index (χ1) is 13.7. The van der Waals surface area contributed by atoms with Crippen molar-refractivity contribution in [1.29, 1.82) is 0 Å². The summed E-state index contributed by atoms with van der Waals surface area (Å²) in [6.45, 7) is 9.73. The summed E-state index contributed by atoms with van der Waals surface area (Å²) in [5, 5.41) is 0. The van der Waals surface area contributed by atoms with Crippen molar-refractivity contribution in [2.24, 2.45) is 5.92 Å². The zero-order valence-corrected chi connectivity index (χ0v) is 17.6. The van der Waals surface area contributed by atoms with Crippen molar-refractivity contribution in [2.75, 3.05) is 19.6 Å². The number of likely N-dealkylation sites (tertiary alicyclic amines) is 1. The molecule has 2 aromatic heterocycles. The van der Waals surface area contributed by atoms with Crippen molar-refractivity contribution in [1.82, 2.24) is 14.8 Å². The molecule has 0 spiro atoms. The fraction of sp³-hybridized carbons (Fsp3) is 0.625. The smallest absolute Gasteiger partial charge is 0.118 e. The van der Waals surface area contributed by atoms with Gasteiger partial charge in [0, 0.05) is 31.5 Å². The average Bonchev–Trinajstić information content (AvgIpc) is 3.34. The summed E-state index contributed by atoms with van der Waals surface area (Å²) in [5.41, 5.74) is 2.53. The molecule has 2 aliphatic rings. The van der Waals surface area contributed by atoms with Gasteiger partial charge >= 0.3 is 0 Å². The van der Waals surface area contributed by atoms with E-state index in [0.717, 1.165) is 43.1 Å². The lowest BCUT2D eigenvalue weighted by molar-refractivity contribution is 0.104. The van der Waals surface area contributed by atoms with E-state index < -0.39 is 0 Å². The maximum Gasteiger partial charge on any atom is 0.118 e. The normalized spacial score (nSPS) is 19.7. The minimum absolute atomic E-state index is 0.784. The summed E-state index contributed by atoms with van der Waals surface area (Å²) in [7, 11) is 0. The predicted octanol–water partition coefficient (Wildman–Crippen LogP) is 4.95.